The van der Waals surface area contributed by atoms with E-state index in [0.717, 1.165) is 35.3 Å². The number of fused-ring (bicyclic) bond motifs is 1. The predicted molar refractivity (Wildman–Crippen MR) is 139 cm³/mol. The molecule has 6 heteroatoms. The van der Waals surface area contributed by atoms with Gasteiger partial charge in [0.05, 0.1) is 11.0 Å². The van der Waals surface area contributed by atoms with Gasteiger partial charge >= 0.3 is 0 Å². The van der Waals surface area contributed by atoms with E-state index in [-0.39, 0.29) is 18.4 Å². The maximum Gasteiger partial charge on any atom is 0.242 e. The molecule has 0 radical (unpaired) electrons. The number of aromatic nitrogens is 2. The van der Waals surface area contributed by atoms with Crippen molar-refractivity contribution in [2.24, 2.45) is 0 Å². The summed E-state index contributed by atoms with van der Waals surface area (Å²) in [6, 6.07) is 27.9. The van der Waals surface area contributed by atoms with Crippen molar-refractivity contribution in [2.45, 2.75) is 38.8 Å². The van der Waals surface area contributed by atoms with Gasteiger partial charge in [-0.2, -0.15) is 0 Å². The van der Waals surface area contributed by atoms with Crippen LogP contribution in [0.1, 0.15) is 29.8 Å². The standard InChI is InChI=1S/C29H32N4O2/c1-32(21-24-13-6-3-7-14-24)29(35)22-33-26-16-9-8-15-25(26)31-27(33)17-10-20-30-28(34)19-18-23-11-4-2-5-12-23/h2-9,11-16H,10,17-22H2,1H3,(H,30,34). The highest BCUT2D eigenvalue weighted by Crippen LogP contribution is 2.18. The third kappa shape index (κ3) is 6.79. The molecule has 0 aliphatic rings. The average molecular weight is 469 g/mol. The molecule has 4 aromatic rings. The van der Waals surface area contributed by atoms with Gasteiger partial charge in [-0.3, -0.25) is 9.59 Å². The van der Waals surface area contributed by atoms with Crippen molar-refractivity contribution >= 4 is 22.8 Å². The van der Waals surface area contributed by atoms with Crippen LogP contribution in [0.2, 0.25) is 0 Å². The summed E-state index contributed by atoms with van der Waals surface area (Å²) in [6.45, 7) is 1.39. The van der Waals surface area contributed by atoms with Gasteiger partial charge in [-0.1, -0.05) is 72.8 Å². The number of carbonyl (C=O) groups excluding carboxylic acids is 2. The van der Waals surface area contributed by atoms with E-state index in [0.29, 0.717) is 25.9 Å². The molecule has 1 aromatic heterocycles. The van der Waals surface area contributed by atoms with E-state index in [1.807, 2.05) is 96.5 Å². The highest BCUT2D eigenvalue weighted by Gasteiger charge is 2.16. The van der Waals surface area contributed by atoms with Crippen LogP contribution in [0.5, 0.6) is 0 Å². The summed E-state index contributed by atoms with van der Waals surface area (Å²) in [7, 11) is 1.83. The summed E-state index contributed by atoms with van der Waals surface area (Å²) in [5, 5.41) is 3.01. The molecule has 0 bridgehead atoms. The Balaban J connectivity index is 1.33. The number of imidazole rings is 1. The molecule has 3 aromatic carbocycles. The van der Waals surface area contributed by atoms with Gasteiger partial charge in [0.2, 0.25) is 11.8 Å². The lowest BCUT2D eigenvalue weighted by Crippen LogP contribution is -2.30. The second-order valence-electron chi connectivity index (χ2n) is 8.78. The van der Waals surface area contributed by atoms with Crippen LogP contribution in [-0.2, 0) is 35.5 Å². The Kier molecular flexibility index (Phi) is 8.28. The number of carbonyl (C=O) groups is 2. The van der Waals surface area contributed by atoms with Gasteiger partial charge in [0, 0.05) is 33.0 Å². The van der Waals surface area contributed by atoms with Gasteiger partial charge in [-0.15, -0.1) is 0 Å². The Hall–Kier alpha value is -3.93. The molecular weight excluding hydrogens is 436 g/mol. The molecule has 4 rings (SSSR count). The maximum absolute atomic E-state index is 13.0. The molecular formula is C29H32N4O2. The van der Waals surface area contributed by atoms with Gasteiger partial charge < -0.3 is 14.8 Å². The number of likely N-dealkylation sites (N-methyl/N-ethyl adjacent to an activating group) is 1. The molecule has 0 spiro atoms. The van der Waals surface area contributed by atoms with Crippen molar-refractivity contribution in [3.8, 4) is 0 Å². The molecule has 1 heterocycles. The zero-order valence-electron chi connectivity index (χ0n) is 20.2. The van der Waals surface area contributed by atoms with Crippen molar-refractivity contribution < 1.29 is 9.59 Å². The first kappa shape index (κ1) is 24.2. The Labute approximate surface area is 206 Å². The molecule has 0 saturated heterocycles. The fourth-order valence-corrected chi connectivity index (χ4v) is 4.16. The van der Waals surface area contributed by atoms with Crippen molar-refractivity contribution in [2.75, 3.05) is 13.6 Å². The van der Waals surface area contributed by atoms with Gasteiger partial charge in [-0.05, 0) is 36.1 Å². The Bertz CT molecular complexity index is 1250. The van der Waals surface area contributed by atoms with Gasteiger partial charge in [0.25, 0.3) is 0 Å². The van der Waals surface area contributed by atoms with Crippen LogP contribution in [0.4, 0.5) is 0 Å². The molecule has 0 fully saturated rings. The SMILES string of the molecule is CN(Cc1ccccc1)C(=O)Cn1c(CCCNC(=O)CCc2ccccc2)nc2ccccc21. The van der Waals surface area contributed by atoms with Crippen LogP contribution in [0, 0.1) is 0 Å². The number of nitrogens with one attached hydrogen (secondary N) is 1. The zero-order chi connectivity index (χ0) is 24.5. The average Bonchev–Trinajstić information content (AvgIpc) is 3.23. The van der Waals surface area contributed by atoms with Crippen LogP contribution in [0.3, 0.4) is 0 Å². The van der Waals surface area contributed by atoms with E-state index in [4.69, 9.17) is 4.98 Å². The largest absolute Gasteiger partial charge is 0.356 e. The summed E-state index contributed by atoms with van der Waals surface area (Å²) in [5.74, 6) is 0.957. The minimum absolute atomic E-state index is 0.0347. The molecule has 180 valence electrons. The Morgan fingerprint density at radius 3 is 2.26 bits per heavy atom. The lowest BCUT2D eigenvalue weighted by atomic mass is 10.1. The van der Waals surface area contributed by atoms with Crippen LogP contribution < -0.4 is 5.32 Å². The second kappa shape index (κ2) is 12.0. The second-order valence-corrected chi connectivity index (χ2v) is 8.78. The lowest BCUT2D eigenvalue weighted by molar-refractivity contribution is -0.131. The summed E-state index contributed by atoms with van der Waals surface area (Å²) in [6.07, 6.45) is 2.66. The normalized spacial score (nSPS) is 10.9. The quantitative estimate of drug-likeness (QED) is 0.332. The molecule has 2 amide bonds. The number of amides is 2. The minimum Gasteiger partial charge on any atom is -0.356 e. The molecule has 0 saturated carbocycles. The zero-order valence-corrected chi connectivity index (χ0v) is 20.2. The molecule has 0 aliphatic carbocycles. The molecule has 0 aliphatic heterocycles. The van der Waals surface area contributed by atoms with E-state index >= 15 is 0 Å². The summed E-state index contributed by atoms with van der Waals surface area (Å²) in [4.78, 5) is 31.8. The van der Waals surface area contributed by atoms with Crippen molar-refractivity contribution in [3.63, 3.8) is 0 Å². The first-order chi connectivity index (χ1) is 17.1. The van der Waals surface area contributed by atoms with E-state index in [9.17, 15) is 9.59 Å². The highest BCUT2D eigenvalue weighted by molar-refractivity contribution is 5.81. The number of hydrogen-bond acceptors (Lipinski definition) is 3. The highest BCUT2D eigenvalue weighted by atomic mass is 16.2. The number of hydrogen-bond donors (Lipinski definition) is 1. The smallest absolute Gasteiger partial charge is 0.242 e. The number of para-hydroxylation sites is 2. The molecule has 6 nitrogen and oxygen atoms in total. The molecule has 0 unspecified atom stereocenters. The van der Waals surface area contributed by atoms with E-state index < -0.39 is 0 Å². The monoisotopic (exact) mass is 468 g/mol. The van der Waals surface area contributed by atoms with E-state index in [1.54, 1.807) is 4.90 Å². The number of rotatable bonds is 11. The van der Waals surface area contributed by atoms with E-state index in [2.05, 4.69) is 5.32 Å². The fraction of sp³-hybridized carbons (Fsp3) is 0.276. The maximum atomic E-state index is 13.0. The van der Waals surface area contributed by atoms with Crippen LogP contribution >= 0.6 is 0 Å². The number of benzene rings is 3. The first-order valence-corrected chi connectivity index (χ1v) is 12.1. The molecule has 1 N–H and O–H groups in total. The third-order valence-corrected chi connectivity index (χ3v) is 6.10. The number of aryl methyl sites for hydroxylation is 2. The lowest BCUT2D eigenvalue weighted by Gasteiger charge is -2.19. The minimum atomic E-state index is 0.0347. The Morgan fingerprint density at radius 1 is 0.857 bits per heavy atom. The molecule has 35 heavy (non-hydrogen) atoms. The molecule has 0 atom stereocenters. The summed E-state index contributed by atoms with van der Waals surface area (Å²) >= 11 is 0. The van der Waals surface area contributed by atoms with E-state index in [1.165, 1.54) is 5.56 Å². The van der Waals surface area contributed by atoms with Gasteiger partial charge in [0.15, 0.2) is 0 Å². The Morgan fingerprint density at radius 2 is 1.51 bits per heavy atom. The summed E-state index contributed by atoms with van der Waals surface area (Å²) < 4.78 is 2.01. The van der Waals surface area contributed by atoms with Crippen LogP contribution in [0.25, 0.3) is 11.0 Å². The van der Waals surface area contributed by atoms with Gasteiger partial charge in [0.1, 0.15) is 12.4 Å². The number of nitrogens with zero attached hydrogens (tertiary/aromatic N) is 3. The van der Waals surface area contributed by atoms with Gasteiger partial charge in [-0.25, -0.2) is 4.98 Å². The predicted octanol–water partition coefficient (Wildman–Crippen LogP) is 4.38. The van der Waals surface area contributed by atoms with Crippen LogP contribution in [0.15, 0.2) is 84.9 Å². The van der Waals surface area contributed by atoms with Crippen molar-refractivity contribution in [1.82, 2.24) is 19.8 Å². The fourth-order valence-electron chi connectivity index (χ4n) is 4.16. The third-order valence-electron chi connectivity index (χ3n) is 6.10. The summed E-state index contributed by atoms with van der Waals surface area (Å²) in [5.41, 5.74) is 4.10. The van der Waals surface area contributed by atoms with Crippen LogP contribution in [-0.4, -0.2) is 39.9 Å². The van der Waals surface area contributed by atoms with Crippen molar-refractivity contribution in [1.29, 1.82) is 0 Å². The first-order valence-electron chi connectivity index (χ1n) is 12.1. The topological polar surface area (TPSA) is 67.2 Å². The van der Waals surface area contributed by atoms with Crippen molar-refractivity contribution in [3.05, 3.63) is 102 Å².